The van der Waals surface area contributed by atoms with E-state index in [1.165, 1.54) is 14.2 Å². The zero-order valence-corrected chi connectivity index (χ0v) is 9.99. The average Bonchev–Trinajstić information content (AvgIpc) is 2.29. The van der Waals surface area contributed by atoms with Crippen molar-refractivity contribution in [3.05, 3.63) is 17.7 Å². The van der Waals surface area contributed by atoms with E-state index in [9.17, 15) is 5.11 Å². The van der Waals surface area contributed by atoms with E-state index in [0.717, 1.165) is 12.0 Å². The average molecular weight is 225 g/mol. The van der Waals surface area contributed by atoms with Crippen LogP contribution in [0.5, 0.6) is 17.2 Å². The molecule has 0 saturated carbocycles. The molecule has 1 atom stereocenters. The molecule has 0 spiro atoms. The molecule has 4 heteroatoms. The summed E-state index contributed by atoms with van der Waals surface area (Å²) in [4.78, 5) is 0. The lowest BCUT2D eigenvalue weighted by Crippen LogP contribution is -2.05. The molecule has 0 aliphatic carbocycles. The fourth-order valence-corrected chi connectivity index (χ4v) is 1.61. The predicted octanol–water partition coefficient (Wildman–Crippen LogP) is 1.86. The second kappa shape index (κ2) is 5.61. The first-order valence-electron chi connectivity index (χ1n) is 5.29. The second-order valence-corrected chi connectivity index (χ2v) is 3.75. The number of hydrogen-bond donors (Lipinski definition) is 2. The van der Waals surface area contributed by atoms with E-state index in [-0.39, 0.29) is 5.75 Å². The van der Waals surface area contributed by atoms with Crippen LogP contribution >= 0.6 is 0 Å². The summed E-state index contributed by atoms with van der Waals surface area (Å²) in [6, 6.07) is 3.64. The van der Waals surface area contributed by atoms with Crippen molar-refractivity contribution in [3.63, 3.8) is 0 Å². The van der Waals surface area contributed by atoms with Crippen LogP contribution in [0.25, 0.3) is 0 Å². The number of benzene rings is 1. The quantitative estimate of drug-likeness (QED) is 0.802. The van der Waals surface area contributed by atoms with Crippen LogP contribution in [0, 0.1) is 0 Å². The van der Waals surface area contributed by atoms with Gasteiger partial charge in [0.25, 0.3) is 0 Å². The Hall–Kier alpha value is -1.42. The summed E-state index contributed by atoms with van der Waals surface area (Å²) in [6.45, 7) is 2.71. The molecule has 1 aromatic carbocycles. The van der Waals surface area contributed by atoms with Gasteiger partial charge in [0, 0.05) is 0 Å². The van der Waals surface area contributed by atoms with Gasteiger partial charge in [-0.25, -0.2) is 0 Å². The highest BCUT2D eigenvalue weighted by Crippen LogP contribution is 2.39. The van der Waals surface area contributed by atoms with Crippen molar-refractivity contribution < 1.29 is 14.6 Å². The Bertz CT molecular complexity index is 327. The summed E-state index contributed by atoms with van der Waals surface area (Å²) in [6.07, 6.45) is 0.886. The fraction of sp³-hybridized carbons (Fsp3) is 0.500. The van der Waals surface area contributed by atoms with Crippen molar-refractivity contribution >= 4 is 0 Å². The first kappa shape index (κ1) is 12.6. The molecule has 0 saturated heterocycles. The molecule has 0 radical (unpaired) electrons. The monoisotopic (exact) mass is 225 g/mol. The number of rotatable bonds is 5. The highest BCUT2D eigenvalue weighted by atomic mass is 16.5. The maximum Gasteiger partial charge on any atom is 0.200 e. The molecular formula is C12H19NO3. The SMILES string of the molecule is COc1cc(C(C)CCN)cc(OC)c1O. The van der Waals surface area contributed by atoms with Crippen molar-refractivity contribution in [2.24, 2.45) is 5.73 Å². The molecule has 0 aliphatic rings. The molecular weight excluding hydrogens is 206 g/mol. The minimum Gasteiger partial charge on any atom is -0.502 e. The summed E-state index contributed by atoms with van der Waals surface area (Å²) >= 11 is 0. The number of hydrogen-bond acceptors (Lipinski definition) is 4. The van der Waals surface area contributed by atoms with Crippen molar-refractivity contribution in [2.75, 3.05) is 20.8 Å². The molecule has 0 fully saturated rings. The van der Waals surface area contributed by atoms with Crippen LogP contribution in [0.1, 0.15) is 24.8 Å². The van der Waals surface area contributed by atoms with E-state index in [1.807, 2.05) is 12.1 Å². The largest absolute Gasteiger partial charge is 0.502 e. The molecule has 0 aliphatic heterocycles. The van der Waals surface area contributed by atoms with Gasteiger partial charge in [-0.2, -0.15) is 0 Å². The molecule has 0 heterocycles. The van der Waals surface area contributed by atoms with Crippen molar-refractivity contribution in [2.45, 2.75) is 19.3 Å². The van der Waals surface area contributed by atoms with E-state index >= 15 is 0 Å². The minimum atomic E-state index is 0.0358. The number of phenolic OH excluding ortho intramolecular Hbond substituents is 1. The Morgan fingerprint density at radius 3 is 2.12 bits per heavy atom. The number of nitrogens with two attached hydrogens (primary N) is 1. The van der Waals surface area contributed by atoms with Crippen LogP contribution in [-0.2, 0) is 0 Å². The van der Waals surface area contributed by atoms with Crippen LogP contribution in [-0.4, -0.2) is 25.9 Å². The Labute approximate surface area is 96.0 Å². The van der Waals surface area contributed by atoms with Gasteiger partial charge in [0.2, 0.25) is 5.75 Å². The summed E-state index contributed by atoms with van der Waals surface area (Å²) in [7, 11) is 3.04. The Morgan fingerprint density at radius 2 is 1.75 bits per heavy atom. The first-order chi connectivity index (χ1) is 7.63. The van der Waals surface area contributed by atoms with Crippen molar-refractivity contribution in [1.82, 2.24) is 0 Å². The zero-order chi connectivity index (χ0) is 12.1. The van der Waals surface area contributed by atoms with Gasteiger partial charge >= 0.3 is 0 Å². The van der Waals surface area contributed by atoms with Gasteiger partial charge in [0.15, 0.2) is 11.5 Å². The molecule has 0 bridgehead atoms. The summed E-state index contributed by atoms with van der Waals surface area (Å²) in [5.41, 5.74) is 6.58. The van der Waals surface area contributed by atoms with Gasteiger partial charge < -0.3 is 20.3 Å². The molecule has 3 N–H and O–H groups in total. The molecule has 0 amide bonds. The summed E-state index contributed by atoms with van der Waals surface area (Å²) in [5.74, 6) is 1.21. The van der Waals surface area contributed by atoms with E-state index in [2.05, 4.69) is 6.92 Å². The van der Waals surface area contributed by atoms with Crippen molar-refractivity contribution in [3.8, 4) is 17.2 Å². The van der Waals surface area contributed by atoms with E-state index in [4.69, 9.17) is 15.2 Å². The summed E-state index contributed by atoms with van der Waals surface area (Å²) < 4.78 is 10.2. The smallest absolute Gasteiger partial charge is 0.200 e. The molecule has 1 unspecified atom stereocenters. The van der Waals surface area contributed by atoms with Crippen molar-refractivity contribution in [1.29, 1.82) is 0 Å². The molecule has 1 aromatic rings. The van der Waals surface area contributed by atoms with E-state index in [1.54, 1.807) is 0 Å². The second-order valence-electron chi connectivity index (χ2n) is 3.75. The lowest BCUT2D eigenvalue weighted by molar-refractivity contribution is 0.338. The van der Waals surface area contributed by atoms with Gasteiger partial charge in [-0.3, -0.25) is 0 Å². The summed E-state index contributed by atoms with van der Waals surface area (Å²) in [5, 5.41) is 9.75. The maximum absolute atomic E-state index is 9.75. The number of ether oxygens (including phenoxy) is 2. The van der Waals surface area contributed by atoms with Crippen LogP contribution in [0.2, 0.25) is 0 Å². The van der Waals surface area contributed by atoms with Gasteiger partial charge in [-0.15, -0.1) is 0 Å². The van der Waals surface area contributed by atoms with Gasteiger partial charge in [0.05, 0.1) is 14.2 Å². The Balaban J connectivity index is 3.11. The highest BCUT2D eigenvalue weighted by molar-refractivity contribution is 5.53. The first-order valence-corrected chi connectivity index (χ1v) is 5.29. The van der Waals surface area contributed by atoms with Crippen LogP contribution in [0.4, 0.5) is 0 Å². The fourth-order valence-electron chi connectivity index (χ4n) is 1.61. The number of phenols is 1. The van der Waals surface area contributed by atoms with Gasteiger partial charge in [-0.1, -0.05) is 6.92 Å². The Morgan fingerprint density at radius 1 is 1.25 bits per heavy atom. The normalized spacial score (nSPS) is 12.2. The zero-order valence-electron chi connectivity index (χ0n) is 9.99. The number of methoxy groups -OCH3 is 2. The lowest BCUT2D eigenvalue weighted by atomic mass is 9.97. The molecule has 4 nitrogen and oxygen atoms in total. The third kappa shape index (κ3) is 2.58. The Kier molecular flexibility index (Phi) is 4.43. The highest BCUT2D eigenvalue weighted by Gasteiger charge is 2.14. The predicted molar refractivity (Wildman–Crippen MR) is 63.3 cm³/mol. The topological polar surface area (TPSA) is 64.7 Å². The molecule has 16 heavy (non-hydrogen) atoms. The van der Waals surface area contributed by atoms with Gasteiger partial charge in [0.1, 0.15) is 0 Å². The lowest BCUT2D eigenvalue weighted by Gasteiger charge is -2.15. The molecule has 90 valence electrons. The van der Waals surface area contributed by atoms with Crippen LogP contribution in [0.3, 0.4) is 0 Å². The molecule has 0 aromatic heterocycles. The third-order valence-electron chi connectivity index (χ3n) is 2.67. The van der Waals surface area contributed by atoms with Crippen LogP contribution < -0.4 is 15.2 Å². The number of aromatic hydroxyl groups is 1. The maximum atomic E-state index is 9.75. The minimum absolute atomic E-state index is 0.0358. The standard InChI is InChI=1S/C12H19NO3/c1-8(4-5-13)9-6-10(15-2)12(14)11(7-9)16-3/h6-8,14H,4-5,13H2,1-3H3. The molecule has 1 rings (SSSR count). The van der Waals surface area contributed by atoms with Crippen LogP contribution in [0.15, 0.2) is 12.1 Å². The van der Waals surface area contributed by atoms with E-state index in [0.29, 0.717) is 24.0 Å². The third-order valence-corrected chi connectivity index (χ3v) is 2.67. The van der Waals surface area contributed by atoms with Gasteiger partial charge in [-0.05, 0) is 36.6 Å². The van der Waals surface area contributed by atoms with E-state index < -0.39 is 0 Å².